The van der Waals surface area contributed by atoms with Crippen molar-refractivity contribution in [2.24, 2.45) is 5.41 Å². The van der Waals surface area contributed by atoms with Gasteiger partial charge >= 0.3 is 24.2 Å². The largest absolute Gasteiger partial charge is 0.468 e. The predicted octanol–water partition coefficient (Wildman–Crippen LogP) is 7.04. The third-order valence-corrected chi connectivity index (χ3v) is 13.4. The van der Waals surface area contributed by atoms with Gasteiger partial charge in [-0.3, -0.25) is 34.2 Å². The molecule has 1 aliphatic carbocycles. The number of benzene rings is 1. The number of fused-ring (bicyclic) bond motifs is 1. The summed E-state index contributed by atoms with van der Waals surface area (Å²) in [5.41, 5.74) is 6.36. The normalized spacial score (nSPS) is 19.7. The summed E-state index contributed by atoms with van der Waals surface area (Å²) >= 11 is 0. The van der Waals surface area contributed by atoms with Crippen LogP contribution >= 0.6 is 0 Å². The van der Waals surface area contributed by atoms with Crippen molar-refractivity contribution in [3.63, 3.8) is 0 Å². The highest BCUT2D eigenvalue weighted by molar-refractivity contribution is 5.95. The van der Waals surface area contributed by atoms with Crippen molar-refractivity contribution in [1.82, 2.24) is 35.1 Å². The van der Waals surface area contributed by atoms with Gasteiger partial charge in [0.2, 0.25) is 0 Å². The molecule has 0 bridgehead atoms. The van der Waals surface area contributed by atoms with Gasteiger partial charge < -0.3 is 33.7 Å². The zero-order valence-corrected chi connectivity index (χ0v) is 42.2. The van der Waals surface area contributed by atoms with Crippen LogP contribution in [-0.4, -0.2) is 151 Å². The number of esters is 2. The van der Waals surface area contributed by atoms with Crippen LogP contribution in [0.1, 0.15) is 103 Å². The minimum Gasteiger partial charge on any atom is -0.468 e. The van der Waals surface area contributed by atoms with Gasteiger partial charge in [-0.1, -0.05) is 26.0 Å². The molecule has 384 valence electrons. The molecule has 0 unspecified atom stereocenters. The van der Waals surface area contributed by atoms with Crippen molar-refractivity contribution >= 4 is 46.1 Å². The Kier molecular flexibility index (Phi) is 16.2. The van der Waals surface area contributed by atoms with Gasteiger partial charge in [0.25, 0.3) is 5.91 Å². The molecular weight excluding hydrogens is 910 g/mol. The summed E-state index contributed by atoms with van der Waals surface area (Å²) in [4.78, 5) is 63.8. The third kappa shape index (κ3) is 13.2. The fourth-order valence-corrected chi connectivity index (χ4v) is 9.84. The molecule has 4 aliphatic rings. The number of halogens is 3. The SMILES string of the molecule is COC(=O)[C@@H]1CCCN(C(=O)[C@H](CN2CCC=C(c3ccc4c(c3)c(CC(C)(C)COC(C)=O)c(-c3cc(N5CCN(C6CC6)CC5)cnc3[C@H](C)OC)n4CC(F)(F)F)C2)NC(=O)OC(C)(C)C)N1. The Labute approximate surface area is 409 Å². The lowest BCUT2D eigenvalue weighted by molar-refractivity contribution is -0.150. The summed E-state index contributed by atoms with van der Waals surface area (Å²) in [5, 5.41) is 4.75. The van der Waals surface area contributed by atoms with Crippen LogP contribution in [0.15, 0.2) is 36.5 Å². The molecule has 2 amide bonds. The van der Waals surface area contributed by atoms with Crippen LogP contribution in [0, 0.1) is 5.41 Å². The molecule has 2 aromatic heterocycles. The van der Waals surface area contributed by atoms with E-state index in [0.29, 0.717) is 78.4 Å². The maximum absolute atomic E-state index is 15.0. The highest BCUT2D eigenvalue weighted by Crippen LogP contribution is 2.44. The number of methoxy groups -OCH3 is 2. The average Bonchev–Trinajstić information content (AvgIpc) is 4.13. The number of aromatic nitrogens is 2. The van der Waals surface area contributed by atoms with Gasteiger partial charge in [-0.05, 0) is 101 Å². The Balaban J connectivity index is 1.29. The van der Waals surface area contributed by atoms with Crippen molar-refractivity contribution in [3.05, 3.63) is 53.4 Å². The van der Waals surface area contributed by atoms with Crippen LogP contribution in [0.25, 0.3) is 27.7 Å². The van der Waals surface area contributed by atoms with Crippen LogP contribution in [0.3, 0.4) is 0 Å². The van der Waals surface area contributed by atoms with E-state index in [1.165, 1.54) is 36.5 Å². The number of hydrogen-bond acceptors (Lipinski definition) is 13. The van der Waals surface area contributed by atoms with Gasteiger partial charge in [0.15, 0.2) is 0 Å². The van der Waals surface area contributed by atoms with E-state index in [4.69, 9.17) is 23.9 Å². The summed E-state index contributed by atoms with van der Waals surface area (Å²) in [6, 6.07) is 6.32. The number of alkyl halides is 3. The second-order valence-electron chi connectivity index (χ2n) is 20.9. The molecule has 7 rings (SSSR count). The molecule has 2 N–H and O–H groups in total. The van der Waals surface area contributed by atoms with Gasteiger partial charge in [0.1, 0.15) is 24.2 Å². The van der Waals surface area contributed by atoms with Gasteiger partial charge in [0.05, 0.1) is 43.1 Å². The molecule has 1 aromatic carbocycles. The first kappa shape index (κ1) is 52.6. The zero-order chi connectivity index (χ0) is 50.7. The van der Waals surface area contributed by atoms with Gasteiger partial charge in [-0.25, -0.2) is 10.2 Å². The van der Waals surface area contributed by atoms with E-state index in [1.54, 1.807) is 40.1 Å². The van der Waals surface area contributed by atoms with E-state index in [-0.39, 0.29) is 19.6 Å². The standard InChI is InChI=1S/C51H71F3N8O8/c1-32(67-8)44-39(25-37(27-55-44)60-22-20-59(21-23-60)36-15-16-36)45-40(26-50(6,7)31-69-33(2)63)38-24-34(14-17-43(38)61(45)30-51(52,53)54)35-12-10-18-58(28-35)29-42(56-48(66)70-49(3,4)5)46(64)62-19-11-13-41(57-62)47(65)68-9/h12,14,17,24-25,27,32,36,41-42,57H,10-11,13,15-16,18-23,26,28-31H2,1-9H3,(H,56,66)/t32-,41-,42-/m0/s1. The molecule has 1 saturated carbocycles. The van der Waals surface area contributed by atoms with Crippen LogP contribution < -0.4 is 15.6 Å². The fraction of sp³-hybridized carbons (Fsp3) is 0.627. The van der Waals surface area contributed by atoms with Crippen LogP contribution in [-0.2, 0) is 46.3 Å². The fourth-order valence-electron chi connectivity index (χ4n) is 9.84. The molecule has 70 heavy (non-hydrogen) atoms. The number of amides is 2. The van der Waals surface area contributed by atoms with Crippen LogP contribution in [0.4, 0.5) is 23.7 Å². The number of rotatable bonds is 16. The molecule has 3 aromatic rings. The Morgan fingerprint density at radius 3 is 2.33 bits per heavy atom. The van der Waals surface area contributed by atoms with E-state index in [9.17, 15) is 19.2 Å². The first-order chi connectivity index (χ1) is 33.0. The number of hydrogen-bond donors (Lipinski definition) is 2. The Morgan fingerprint density at radius 1 is 0.957 bits per heavy atom. The molecule has 3 atom stereocenters. The first-order valence-electron chi connectivity index (χ1n) is 24.5. The number of piperazine rings is 1. The lowest BCUT2D eigenvalue weighted by atomic mass is 9.84. The van der Waals surface area contributed by atoms with Crippen molar-refractivity contribution in [1.29, 1.82) is 0 Å². The molecule has 3 aliphatic heterocycles. The quantitative estimate of drug-likeness (QED) is 0.111. The van der Waals surface area contributed by atoms with Crippen LogP contribution in [0.5, 0.6) is 0 Å². The number of pyridine rings is 1. The zero-order valence-electron chi connectivity index (χ0n) is 42.2. The maximum atomic E-state index is 15.0. The summed E-state index contributed by atoms with van der Waals surface area (Å²) in [6.07, 6.45) is 2.22. The summed E-state index contributed by atoms with van der Waals surface area (Å²) < 4.78 is 68.3. The molecule has 0 radical (unpaired) electrons. The molecule has 0 spiro atoms. The predicted molar refractivity (Wildman–Crippen MR) is 260 cm³/mol. The Bertz CT molecular complexity index is 2420. The number of alkyl carbamates (subject to hydrolysis) is 1. The monoisotopic (exact) mass is 981 g/mol. The Hall–Kier alpha value is -5.24. The number of anilines is 1. The van der Waals surface area contributed by atoms with E-state index < -0.39 is 65.9 Å². The number of ether oxygens (including phenoxy) is 4. The number of nitrogens with zero attached hydrogens (tertiary/aromatic N) is 6. The van der Waals surface area contributed by atoms with Gasteiger partial charge in [0, 0.05) is 94.3 Å². The van der Waals surface area contributed by atoms with Crippen molar-refractivity contribution in [2.45, 2.75) is 130 Å². The van der Waals surface area contributed by atoms with Gasteiger partial charge in [-0.2, -0.15) is 13.2 Å². The second-order valence-corrected chi connectivity index (χ2v) is 20.9. The minimum absolute atomic E-state index is 0.0337. The molecule has 16 nitrogen and oxygen atoms in total. The van der Waals surface area contributed by atoms with Gasteiger partial charge in [-0.15, -0.1) is 0 Å². The smallest absolute Gasteiger partial charge is 0.408 e. The third-order valence-electron chi connectivity index (χ3n) is 13.4. The first-order valence-corrected chi connectivity index (χ1v) is 24.5. The minimum atomic E-state index is -4.60. The van der Waals surface area contributed by atoms with Crippen molar-refractivity contribution < 1.29 is 51.3 Å². The average molecular weight is 981 g/mol. The Morgan fingerprint density at radius 2 is 1.69 bits per heavy atom. The molecule has 2 saturated heterocycles. The van der Waals surface area contributed by atoms with E-state index >= 15 is 13.2 Å². The summed E-state index contributed by atoms with van der Waals surface area (Å²) in [5.74, 6) is -1.40. The maximum Gasteiger partial charge on any atom is 0.408 e. The number of carbonyl (C=O) groups is 4. The lowest BCUT2D eigenvalue weighted by Crippen LogP contribution is -2.62. The van der Waals surface area contributed by atoms with Crippen molar-refractivity contribution in [2.75, 3.05) is 78.1 Å². The lowest BCUT2D eigenvalue weighted by Gasteiger charge is -2.37. The highest BCUT2D eigenvalue weighted by atomic mass is 19.4. The van der Waals surface area contributed by atoms with E-state index in [1.807, 2.05) is 43.9 Å². The summed E-state index contributed by atoms with van der Waals surface area (Å²) in [7, 11) is 2.84. The highest BCUT2D eigenvalue weighted by Gasteiger charge is 2.38. The summed E-state index contributed by atoms with van der Waals surface area (Å²) in [6.45, 7) is 15.6. The number of carbonyl (C=O) groups excluding carboxylic acids is 4. The molecular formula is C51H71F3N8O8. The van der Waals surface area contributed by atoms with Crippen molar-refractivity contribution in [3.8, 4) is 11.3 Å². The topological polar surface area (TPSA) is 160 Å². The molecule has 5 heterocycles. The van der Waals surface area contributed by atoms with Crippen LogP contribution in [0.2, 0.25) is 0 Å². The number of nitrogens with one attached hydrogen (secondary N) is 2. The van der Waals surface area contributed by atoms with E-state index in [2.05, 4.69) is 26.6 Å². The molecule has 3 fully saturated rings. The number of hydrazine groups is 1. The second kappa shape index (κ2) is 21.6. The van der Waals surface area contributed by atoms with E-state index in [0.717, 1.165) is 43.0 Å². The molecule has 19 heteroatoms.